The van der Waals surface area contributed by atoms with Crippen LogP contribution in [0.5, 0.6) is 5.75 Å². The maximum Gasteiger partial charge on any atom is 0.115 e. The molecule has 0 aliphatic heterocycles. The number of benzene rings is 2. The fraction of sp³-hybridized carbons (Fsp3) is 0.0556. The van der Waals surface area contributed by atoms with E-state index in [1.165, 1.54) is 0 Å². The van der Waals surface area contributed by atoms with Crippen LogP contribution in [0.2, 0.25) is 0 Å². The second-order valence-electron chi connectivity index (χ2n) is 5.31. The van der Waals surface area contributed by atoms with E-state index in [1.54, 1.807) is 12.1 Å². The maximum atomic E-state index is 9.48. The van der Waals surface area contributed by atoms with Gasteiger partial charge in [0.1, 0.15) is 5.75 Å². The molecular formula is C18H15N3O. The Labute approximate surface area is 127 Å². The van der Waals surface area contributed by atoms with Gasteiger partial charge in [0, 0.05) is 28.4 Å². The molecule has 2 heterocycles. The van der Waals surface area contributed by atoms with E-state index in [2.05, 4.69) is 22.1 Å². The zero-order valence-corrected chi connectivity index (χ0v) is 11.9. The third kappa shape index (κ3) is 1.93. The average molecular weight is 289 g/mol. The van der Waals surface area contributed by atoms with E-state index in [0.29, 0.717) is 6.54 Å². The van der Waals surface area contributed by atoms with E-state index >= 15 is 0 Å². The summed E-state index contributed by atoms with van der Waals surface area (Å²) in [7, 11) is 0. The first-order chi connectivity index (χ1) is 10.8. The lowest BCUT2D eigenvalue weighted by atomic mass is 10.1. The number of phenolic OH excluding ortho intramolecular Hbond substituents is 1. The Morgan fingerprint density at radius 3 is 2.55 bits per heavy atom. The van der Waals surface area contributed by atoms with E-state index in [0.717, 1.165) is 38.8 Å². The highest BCUT2D eigenvalue weighted by atomic mass is 16.3. The van der Waals surface area contributed by atoms with Gasteiger partial charge in [-0.15, -0.1) is 0 Å². The lowest BCUT2D eigenvalue weighted by molar-refractivity contribution is 0.475. The van der Waals surface area contributed by atoms with Crippen LogP contribution < -0.4 is 5.73 Å². The molecular weight excluding hydrogens is 274 g/mol. The molecule has 0 atom stereocenters. The van der Waals surface area contributed by atoms with Gasteiger partial charge in [-0.05, 0) is 36.4 Å². The molecule has 108 valence electrons. The molecule has 0 saturated carbocycles. The first kappa shape index (κ1) is 12.9. The number of nitrogens with zero attached hydrogens (tertiary/aromatic N) is 1. The number of rotatable bonds is 2. The molecule has 0 aliphatic carbocycles. The van der Waals surface area contributed by atoms with Crippen molar-refractivity contribution in [3.63, 3.8) is 0 Å². The van der Waals surface area contributed by atoms with E-state index in [4.69, 9.17) is 5.73 Å². The third-order valence-corrected chi connectivity index (χ3v) is 3.90. The number of nitrogens with two attached hydrogens (primary N) is 1. The predicted molar refractivity (Wildman–Crippen MR) is 88.6 cm³/mol. The Bertz CT molecular complexity index is 971. The minimum Gasteiger partial charge on any atom is -0.508 e. The Morgan fingerprint density at radius 2 is 1.77 bits per heavy atom. The van der Waals surface area contributed by atoms with Gasteiger partial charge in [0.05, 0.1) is 16.9 Å². The Kier molecular flexibility index (Phi) is 2.84. The summed E-state index contributed by atoms with van der Waals surface area (Å²) in [5.74, 6) is 0.242. The van der Waals surface area contributed by atoms with Crippen LogP contribution in [0.25, 0.3) is 33.1 Å². The zero-order chi connectivity index (χ0) is 15.1. The summed E-state index contributed by atoms with van der Waals surface area (Å²) < 4.78 is 0. The molecule has 0 bridgehead atoms. The monoisotopic (exact) mass is 289 g/mol. The second kappa shape index (κ2) is 4.86. The lowest BCUT2D eigenvalue weighted by Gasteiger charge is -2.06. The first-order valence-electron chi connectivity index (χ1n) is 7.16. The summed E-state index contributed by atoms with van der Waals surface area (Å²) in [5.41, 5.74) is 10.5. The molecule has 0 spiro atoms. The van der Waals surface area contributed by atoms with Gasteiger partial charge in [-0.3, -0.25) is 0 Å². The molecule has 22 heavy (non-hydrogen) atoms. The smallest absolute Gasteiger partial charge is 0.115 e. The molecule has 4 rings (SSSR count). The summed E-state index contributed by atoms with van der Waals surface area (Å²) in [6.45, 7) is 0.389. The lowest BCUT2D eigenvalue weighted by Crippen LogP contribution is -2.00. The molecule has 4 heteroatoms. The van der Waals surface area contributed by atoms with Crippen LogP contribution in [0.3, 0.4) is 0 Å². The van der Waals surface area contributed by atoms with Crippen molar-refractivity contribution < 1.29 is 5.11 Å². The quantitative estimate of drug-likeness (QED) is 0.528. The molecule has 0 radical (unpaired) electrons. The van der Waals surface area contributed by atoms with Crippen molar-refractivity contribution in [3.05, 3.63) is 60.3 Å². The number of phenols is 1. The molecule has 0 aliphatic rings. The Morgan fingerprint density at radius 1 is 1.00 bits per heavy atom. The van der Waals surface area contributed by atoms with Crippen molar-refractivity contribution in [1.29, 1.82) is 0 Å². The summed E-state index contributed by atoms with van der Waals surface area (Å²) in [5, 5.41) is 11.8. The summed E-state index contributed by atoms with van der Waals surface area (Å²) in [6, 6.07) is 17.3. The molecule has 4 aromatic rings. The fourth-order valence-corrected chi connectivity index (χ4v) is 2.83. The van der Waals surface area contributed by atoms with Gasteiger partial charge < -0.3 is 15.8 Å². The number of pyridine rings is 1. The van der Waals surface area contributed by atoms with Crippen molar-refractivity contribution in [2.45, 2.75) is 6.54 Å². The number of aromatic hydroxyl groups is 1. The van der Waals surface area contributed by atoms with Crippen molar-refractivity contribution in [1.82, 2.24) is 9.97 Å². The summed E-state index contributed by atoms with van der Waals surface area (Å²) >= 11 is 0. The number of hydrogen-bond acceptors (Lipinski definition) is 3. The van der Waals surface area contributed by atoms with Crippen molar-refractivity contribution >= 4 is 21.8 Å². The maximum absolute atomic E-state index is 9.48. The molecule has 2 aromatic heterocycles. The van der Waals surface area contributed by atoms with Crippen LogP contribution in [0.4, 0.5) is 0 Å². The number of hydrogen-bond donors (Lipinski definition) is 3. The summed E-state index contributed by atoms with van der Waals surface area (Å²) in [4.78, 5) is 8.12. The van der Waals surface area contributed by atoms with Crippen LogP contribution >= 0.6 is 0 Å². The van der Waals surface area contributed by atoms with Crippen LogP contribution in [0.15, 0.2) is 54.6 Å². The number of aromatic amines is 1. The van der Waals surface area contributed by atoms with Crippen LogP contribution in [0, 0.1) is 0 Å². The first-order valence-corrected chi connectivity index (χ1v) is 7.16. The number of nitrogens with one attached hydrogen (secondary N) is 1. The van der Waals surface area contributed by atoms with E-state index < -0.39 is 0 Å². The standard InChI is InChI=1S/C18H15N3O/c19-10-12-9-15-14-3-1-2-4-16(14)21-18(15)17(20-12)11-5-7-13(22)8-6-11/h1-9,21-22H,10,19H2. The Balaban J connectivity index is 2.10. The zero-order valence-electron chi connectivity index (χ0n) is 11.9. The highest BCUT2D eigenvalue weighted by Crippen LogP contribution is 2.33. The van der Waals surface area contributed by atoms with E-state index in [1.807, 2.05) is 30.3 Å². The van der Waals surface area contributed by atoms with Gasteiger partial charge in [-0.25, -0.2) is 4.98 Å². The van der Waals surface area contributed by atoms with Crippen LogP contribution in [-0.2, 0) is 6.54 Å². The van der Waals surface area contributed by atoms with Gasteiger partial charge in [0.15, 0.2) is 0 Å². The minimum atomic E-state index is 0.242. The number of fused-ring (bicyclic) bond motifs is 3. The predicted octanol–water partition coefficient (Wildman–Crippen LogP) is 3.55. The molecule has 0 fully saturated rings. The molecule has 0 saturated heterocycles. The molecule has 4 N–H and O–H groups in total. The third-order valence-electron chi connectivity index (χ3n) is 3.90. The second-order valence-corrected chi connectivity index (χ2v) is 5.31. The number of aromatic nitrogens is 2. The molecule has 0 unspecified atom stereocenters. The Hall–Kier alpha value is -2.85. The molecule has 4 nitrogen and oxygen atoms in total. The van der Waals surface area contributed by atoms with Crippen molar-refractivity contribution in [2.24, 2.45) is 5.73 Å². The highest BCUT2D eigenvalue weighted by molar-refractivity contribution is 6.11. The van der Waals surface area contributed by atoms with E-state index in [9.17, 15) is 5.11 Å². The average Bonchev–Trinajstić information content (AvgIpc) is 2.93. The normalized spacial score (nSPS) is 11.3. The largest absolute Gasteiger partial charge is 0.508 e. The molecule has 0 amide bonds. The van der Waals surface area contributed by atoms with Crippen LogP contribution in [-0.4, -0.2) is 15.1 Å². The van der Waals surface area contributed by atoms with Crippen molar-refractivity contribution in [2.75, 3.05) is 0 Å². The molecule has 2 aromatic carbocycles. The topological polar surface area (TPSA) is 74.9 Å². The van der Waals surface area contributed by atoms with Gasteiger partial charge in [-0.1, -0.05) is 18.2 Å². The minimum absolute atomic E-state index is 0.242. The van der Waals surface area contributed by atoms with Crippen LogP contribution in [0.1, 0.15) is 5.69 Å². The van der Waals surface area contributed by atoms with Gasteiger partial charge in [-0.2, -0.15) is 0 Å². The highest BCUT2D eigenvalue weighted by Gasteiger charge is 2.12. The van der Waals surface area contributed by atoms with E-state index in [-0.39, 0.29) is 5.75 Å². The number of para-hydroxylation sites is 1. The fourth-order valence-electron chi connectivity index (χ4n) is 2.83. The SMILES string of the molecule is NCc1cc2c([nH]c3ccccc32)c(-c2ccc(O)cc2)n1. The van der Waals surface area contributed by atoms with Gasteiger partial charge in [0.25, 0.3) is 0 Å². The van der Waals surface area contributed by atoms with Gasteiger partial charge in [0.2, 0.25) is 0 Å². The van der Waals surface area contributed by atoms with Gasteiger partial charge >= 0.3 is 0 Å². The number of H-pyrrole nitrogens is 1. The summed E-state index contributed by atoms with van der Waals surface area (Å²) in [6.07, 6.45) is 0. The van der Waals surface area contributed by atoms with Crippen molar-refractivity contribution in [3.8, 4) is 17.0 Å².